The minimum Gasteiger partial charge on any atom is -0.497 e. The fraction of sp³-hybridized carbons (Fsp3) is 0.583. The number of fused-ring (bicyclic) bond motifs is 1. The second kappa shape index (κ2) is 10.5. The number of carbonyl (C=O) groups is 1. The Morgan fingerprint density at radius 1 is 1.14 bits per heavy atom. The van der Waals surface area contributed by atoms with Crippen LogP contribution in [0.5, 0.6) is 5.75 Å². The van der Waals surface area contributed by atoms with E-state index in [-0.39, 0.29) is 23.9 Å². The van der Waals surface area contributed by atoms with Gasteiger partial charge < -0.3 is 9.64 Å². The maximum atomic E-state index is 13.2. The summed E-state index contributed by atoms with van der Waals surface area (Å²) in [6.07, 6.45) is 2.97. The first-order valence-corrected chi connectivity index (χ1v) is 10.8. The number of hydrogen-bond donors (Lipinski definition) is 0. The van der Waals surface area contributed by atoms with E-state index in [4.69, 9.17) is 4.74 Å². The maximum Gasteiger partial charge on any atom is 0.254 e. The zero-order valence-electron chi connectivity index (χ0n) is 18.8. The van der Waals surface area contributed by atoms with Crippen molar-refractivity contribution >= 4 is 16.8 Å². The minimum atomic E-state index is -0.0894. The molecular weight excluding hydrogens is 364 g/mol. The van der Waals surface area contributed by atoms with Gasteiger partial charge in [-0.25, -0.2) is 0 Å². The zero-order chi connectivity index (χ0) is 21.6. The lowest BCUT2D eigenvalue weighted by Crippen LogP contribution is -2.39. The van der Waals surface area contributed by atoms with E-state index in [2.05, 4.69) is 20.8 Å². The van der Waals surface area contributed by atoms with E-state index in [0.29, 0.717) is 11.7 Å². The number of aromatic nitrogens is 1. The first-order chi connectivity index (χ1) is 13.8. The number of rotatable bonds is 10. The molecule has 0 aliphatic carbocycles. The van der Waals surface area contributed by atoms with Gasteiger partial charge in [0.25, 0.3) is 5.56 Å². The quantitative estimate of drug-likeness (QED) is 0.575. The summed E-state index contributed by atoms with van der Waals surface area (Å²) in [7, 11) is 1.61. The SMILES string of the molecule is CCCCN(CCC(C)C)C(=O)Cn1c(=O)c(C(C)C)cc2ccc(OC)cc21. The summed E-state index contributed by atoms with van der Waals surface area (Å²) >= 11 is 0. The lowest BCUT2D eigenvalue weighted by molar-refractivity contribution is -0.132. The Kier molecular flexibility index (Phi) is 8.30. The molecule has 5 heteroatoms. The van der Waals surface area contributed by atoms with E-state index in [9.17, 15) is 9.59 Å². The number of ether oxygens (including phenoxy) is 1. The van der Waals surface area contributed by atoms with Crippen LogP contribution in [0.25, 0.3) is 10.9 Å². The molecule has 0 saturated carbocycles. The highest BCUT2D eigenvalue weighted by Crippen LogP contribution is 2.23. The van der Waals surface area contributed by atoms with E-state index >= 15 is 0 Å². The van der Waals surface area contributed by atoms with Crippen LogP contribution >= 0.6 is 0 Å². The number of pyridine rings is 1. The molecule has 0 spiro atoms. The summed E-state index contributed by atoms with van der Waals surface area (Å²) in [4.78, 5) is 28.3. The Labute approximate surface area is 174 Å². The predicted octanol–water partition coefficient (Wildman–Crippen LogP) is 4.81. The Bertz CT molecular complexity index is 884. The summed E-state index contributed by atoms with van der Waals surface area (Å²) in [5.41, 5.74) is 1.39. The lowest BCUT2D eigenvalue weighted by Gasteiger charge is -2.25. The third-order valence-electron chi connectivity index (χ3n) is 5.36. The van der Waals surface area contributed by atoms with Crippen molar-refractivity contribution in [2.45, 2.75) is 66.3 Å². The van der Waals surface area contributed by atoms with Crippen molar-refractivity contribution in [3.8, 4) is 5.75 Å². The van der Waals surface area contributed by atoms with Crippen molar-refractivity contribution < 1.29 is 9.53 Å². The third kappa shape index (κ3) is 5.84. The van der Waals surface area contributed by atoms with Gasteiger partial charge in [-0.1, -0.05) is 41.0 Å². The van der Waals surface area contributed by atoms with Crippen LogP contribution in [-0.2, 0) is 11.3 Å². The van der Waals surface area contributed by atoms with Crippen molar-refractivity contribution in [1.29, 1.82) is 0 Å². The molecule has 29 heavy (non-hydrogen) atoms. The fourth-order valence-electron chi connectivity index (χ4n) is 3.43. The summed E-state index contributed by atoms with van der Waals surface area (Å²) in [6, 6.07) is 7.63. The van der Waals surface area contributed by atoms with Gasteiger partial charge in [0.2, 0.25) is 5.91 Å². The van der Waals surface area contributed by atoms with Gasteiger partial charge in [0.05, 0.1) is 12.6 Å². The van der Waals surface area contributed by atoms with Crippen molar-refractivity contribution in [3.63, 3.8) is 0 Å². The third-order valence-corrected chi connectivity index (χ3v) is 5.36. The molecule has 1 aromatic heterocycles. The molecule has 0 aliphatic heterocycles. The van der Waals surface area contributed by atoms with Gasteiger partial charge in [0.1, 0.15) is 12.3 Å². The van der Waals surface area contributed by atoms with E-state index in [0.717, 1.165) is 48.8 Å². The molecule has 160 valence electrons. The van der Waals surface area contributed by atoms with Crippen LogP contribution in [0.15, 0.2) is 29.1 Å². The van der Waals surface area contributed by atoms with Crippen LogP contribution in [0, 0.1) is 5.92 Å². The van der Waals surface area contributed by atoms with Crippen LogP contribution in [0.2, 0.25) is 0 Å². The first kappa shape index (κ1) is 23.0. The molecule has 0 atom stereocenters. The number of nitrogens with zero attached hydrogens (tertiary/aromatic N) is 2. The highest BCUT2D eigenvalue weighted by molar-refractivity contribution is 5.84. The topological polar surface area (TPSA) is 51.5 Å². The fourth-order valence-corrected chi connectivity index (χ4v) is 3.43. The van der Waals surface area contributed by atoms with Crippen molar-refractivity contribution in [2.24, 2.45) is 5.92 Å². The molecule has 1 amide bonds. The summed E-state index contributed by atoms with van der Waals surface area (Å²) in [5, 5.41) is 0.948. The molecule has 0 N–H and O–H groups in total. The lowest BCUT2D eigenvalue weighted by atomic mass is 10.0. The smallest absolute Gasteiger partial charge is 0.254 e. The van der Waals surface area contributed by atoms with Crippen molar-refractivity contribution in [1.82, 2.24) is 9.47 Å². The van der Waals surface area contributed by atoms with Crippen molar-refractivity contribution in [2.75, 3.05) is 20.2 Å². The van der Waals surface area contributed by atoms with Gasteiger partial charge in [-0.15, -0.1) is 0 Å². The van der Waals surface area contributed by atoms with Crippen molar-refractivity contribution in [3.05, 3.63) is 40.2 Å². The van der Waals surface area contributed by atoms with E-state index in [1.165, 1.54) is 0 Å². The first-order valence-electron chi connectivity index (χ1n) is 10.8. The maximum absolute atomic E-state index is 13.2. The Hall–Kier alpha value is -2.30. The number of hydrogen-bond acceptors (Lipinski definition) is 3. The number of methoxy groups -OCH3 is 1. The molecule has 0 radical (unpaired) electrons. The van der Waals surface area contributed by atoms with Crippen LogP contribution < -0.4 is 10.3 Å². The Morgan fingerprint density at radius 2 is 1.86 bits per heavy atom. The van der Waals surface area contributed by atoms with Gasteiger partial charge in [0.15, 0.2) is 0 Å². The normalized spacial score (nSPS) is 11.4. The highest BCUT2D eigenvalue weighted by atomic mass is 16.5. The summed E-state index contributed by atoms with van der Waals surface area (Å²) in [6.45, 7) is 12.0. The van der Waals surface area contributed by atoms with Gasteiger partial charge in [-0.2, -0.15) is 0 Å². The largest absolute Gasteiger partial charge is 0.497 e. The van der Waals surface area contributed by atoms with Gasteiger partial charge in [-0.3, -0.25) is 14.2 Å². The van der Waals surface area contributed by atoms with Crippen LogP contribution in [0.3, 0.4) is 0 Å². The standard InChI is InChI=1S/C24H36N2O3/c1-7-8-12-25(13-11-17(2)3)23(27)16-26-22-15-20(29-6)10-9-19(22)14-21(18(4)5)24(26)28/h9-10,14-15,17-18H,7-8,11-13,16H2,1-6H3. The number of unbranched alkanes of at least 4 members (excludes halogenated alkanes) is 1. The highest BCUT2D eigenvalue weighted by Gasteiger charge is 2.19. The Morgan fingerprint density at radius 3 is 2.45 bits per heavy atom. The molecule has 0 unspecified atom stereocenters. The Balaban J connectivity index is 2.47. The molecule has 0 aliphatic rings. The summed E-state index contributed by atoms with van der Waals surface area (Å²) in [5.74, 6) is 1.31. The second-order valence-corrected chi connectivity index (χ2v) is 8.49. The number of carbonyl (C=O) groups excluding carboxylic acids is 1. The van der Waals surface area contributed by atoms with E-state index < -0.39 is 0 Å². The molecule has 5 nitrogen and oxygen atoms in total. The average Bonchev–Trinajstić information content (AvgIpc) is 2.68. The number of benzene rings is 1. The zero-order valence-corrected chi connectivity index (χ0v) is 18.8. The summed E-state index contributed by atoms with van der Waals surface area (Å²) < 4.78 is 6.98. The van der Waals surface area contributed by atoms with Gasteiger partial charge >= 0.3 is 0 Å². The monoisotopic (exact) mass is 400 g/mol. The molecular formula is C24H36N2O3. The molecule has 0 saturated heterocycles. The molecule has 0 bridgehead atoms. The van der Waals surface area contributed by atoms with Gasteiger partial charge in [-0.05, 0) is 48.3 Å². The second-order valence-electron chi connectivity index (χ2n) is 8.49. The van der Waals surface area contributed by atoms with E-state index in [1.54, 1.807) is 11.7 Å². The molecule has 2 aromatic rings. The molecule has 0 fully saturated rings. The van der Waals surface area contributed by atoms with E-state index in [1.807, 2.05) is 43.0 Å². The van der Waals surface area contributed by atoms with Crippen LogP contribution in [0.1, 0.15) is 65.4 Å². The average molecular weight is 401 g/mol. The van der Waals surface area contributed by atoms with Crippen LogP contribution in [-0.4, -0.2) is 35.6 Å². The van der Waals surface area contributed by atoms with Crippen LogP contribution in [0.4, 0.5) is 0 Å². The molecule has 1 aromatic carbocycles. The number of amides is 1. The van der Waals surface area contributed by atoms with Gasteiger partial charge in [0, 0.05) is 24.7 Å². The predicted molar refractivity (Wildman–Crippen MR) is 120 cm³/mol. The molecule has 2 rings (SSSR count). The molecule has 1 heterocycles. The minimum absolute atomic E-state index is 0.00576.